The molecule has 1 aliphatic heterocycles. The van der Waals surface area contributed by atoms with Crippen LogP contribution in [-0.2, 0) is 9.59 Å². The van der Waals surface area contributed by atoms with Crippen LogP contribution in [0.2, 0.25) is 0 Å². The molecule has 4 atom stereocenters. The lowest BCUT2D eigenvalue weighted by molar-refractivity contribution is -0.152. The molecule has 19 heavy (non-hydrogen) atoms. The highest BCUT2D eigenvalue weighted by molar-refractivity contribution is 7.99. The third kappa shape index (κ3) is 2.91. The van der Waals surface area contributed by atoms with Gasteiger partial charge in [0, 0.05) is 11.3 Å². The van der Waals surface area contributed by atoms with Gasteiger partial charge in [-0.05, 0) is 38.9 Å². The van der Waals surface area contributed by atoms with E-state index in [1.807, 2.05) is 30.5 Å². The van der Waals surface area contributed by atoms with Crippen LogP contribution in [0.25, 0.3) is 0 Å². The summed E-state index contributed by atoms with van der Waals surface area (Å²) in [5, 5.41) is 3.45. The molecule has 0 aromatic heterocycles. The second-order valence-corrected chi connectivity index (χ2v) is 6.71. The number of amides is 2. The third-order valence-corrected chi connectivity index (χ3v) is 5.49. The summed E-state index contributed by atoms with van der Waals surface area (Å²) in [6.45, 7) is 3.80. The van der Waals surface area contributed by atoms with Gasteiger partial charge in [0.1, 0.15) is 12.1 Å². The van der Waals surface area contributed by atoms with Gasteiger partial charge in [-0.15, -0.1) is 0 Å². The van der Waals surface area contributed by atoms with Crippen LogP contribution in [0.1, 0.15) is 46.0 Å². The van der Waals surface area contributed by atoms with Gasteiger partial charge in [-0.3, -0.25) is 9.59 Å². The van der Waals surface area contributed by atoms with E-state index in [9.17, 15) is 9.59 Å². The van der Waals surface area contributed by atoms with Crippen molar-refractivity contribution in [1.82, 2.24) is 10.2 Å². The van der Waals surface area contributed by atoms with Crippen molar-refractivity contribution < 1.29 is 9.59 Å². The molecule has 0 bridgehead atoms. The SMILES string of the molecule is CCC1NC(=O)C(C)N(C2CCCC(SC)C2)C1=O. The summed E-state index contributed by atoms with van der Waals surface area (Å²) in [5.74, 6) is 0.110. The van der Waals surface area contributed by atoms with Crippen molar-refractivity contribution in [2.45, 2.75) is 69.3 Å². The third-order valence-electron chi connectivity index (χ3n) is 4.40. The summed E-state index contributed by atoms with van der Waals surface area (Å²) in [4.78, 5) is 26.4. The largest absolute Gasteiger partial charge is 0.343 e. The number of carbonyl (C=O) groups is 2. The van der Waals surface area contributed by atoms with E-state index >= 15 is 0 Å². The van der Waals surface area contributed by atoms with Gasteiger partial charge in [0.15, 0.2) is 0 Å². The number of hydrogen-bond donors (Lipinski definition) is 1. The predicted octanol–water partition coefficient (Wildman–Crippen LogP) is 1.79. The Morgan fingerprint density at radius 3 is 2.74 bits per heavy atom. The number of hydrogen-bond acceptors (Lipinski definition) is 3. The van der Waals surface area contributed by atoms with Crippen molar-refractivity contribution in [3.05, 3.63) is 0 Å². The van der Waals surface area contributed by atoms with Crippen molar-refractivity contribution in [3.8, 4) is 0 Å². The standard InChI is InChI=1S/C14H24N2O2S/c1-4-12-14(18)16(9(2)13(17)15-12)10-6-5-7-11(8-10)19-3/h9-12H,4-8H2,1-3H3,(H,15,17). The summed E-state index contributed by atoms with van der Waals surface area (Å²) in [5.41, 5.74) is 0. The van der Waals surface area contributed by atoms with E-state index in [1.54, 1.807) is 0 Å². The Bertz CT molecular complexity index is 361. The van der Waals surface area contributed by atoms with Gasteiger partial charge in [-0.1, -0.05) is 13.3 Å². The first kappa shape index (κ1) is 14.7. The van der Waals surface area contributed by atoms with Crippen molar-refractivity contribution in [2.24, 2.45) is 0 Å². The van der Waals surface area contributed by atoms with E-state index in [4.69, 9.17) is 0 Å². The molecule has 108 valence electrons. The molecular weight excluding hydrogens is 260 g/mol. The normalized spacial score (nSPS) is 36.3. The van der Waals surface area contributed by atoms with Crippen LogP contribution in [0, 0.1) is 0 Å². The number of thioether (sulfide) groups is 1. The summed E-state index contributed by atoms with van der Waals surface area (Å²) in [6, 6.07) is -0.395. The second kappa shape index (κ2) is 6.16. The van der Waals surface area contributed by atoms with Gasteiger partial charge >= 0.3 is 0 Å². The van der Waals surface area contributed by atoms with Crippen LogP contribution in [0.5, 0.6) is 0 Å². The average molecular weight is 284 g/mol. The molecule has 1 saturated heterocycles. The molecular formula is C14H24N2O2S. The van der Waals surface area contributed by atoms with Gasteiger partial charge in [0.05, 0.1) is 0 Å². The predicted molar refractivity (Wildman–Crippen MR) is 78.1 cm³/mol. The Hall–Kier alpha value is -0.710. The first-order valence-corrected chi connectivity index (χ1v) is 8.52. The lowest BCUT2D eigenvalue weighted by Gasteiger charge is -2.44. The lowest BCUT2D eigenvalue weighted by atomic mass is 9.91. The fraction of sp³-hybridized carbons (Fsp3) is 0.857. The first-order chi connectivity index (χ1) is 9.08. The molecule has 2 fully saturated rings. The highest BCUT2D eigenvalue weighted by Crippen LogP contribution is 2.32. The lowest BCUT2D eigenvalue weighted by Crippen LogP contribution is -2.65. The van der Waals surface area contributed by atoms with Crippen LogP contribution < -0.4 is 5.32 Å². The molecule has 0 aromatic carbocycles. The molecule has 4 unspecified atom stereocenters. The van der Waals surface area contributed by atoms with Crippen molar-refractivity contribution in [3.63, 3.8) is 0 Å². The molecule has 2 aliphatic rings. The highest BCUT2D eigenvalue weighted by Gasteiger charge is 2.41. The maximum atomic E-state index is 12.5. The van der Waals surface area contributed by atoms with Crippen molar-refractivity contribution >= 4 is 23.6 Å². The molecule has 5 heteroatoms. The zero-order valence-corrected chi connectivity index (χ0v) is 12.8. The summed E-state index contributed by atoms with van der Waals surface area (Å²) >= 11 is 1.88. The van der Waals surface area contributed by atoms with E-state index in [2.05, 4.69) is 11.6 Å². The van der Waals surface area contributed by atoms with Crippen LogP contribution in [0.4, 0.5) is 0 Å². The van der Waals surface area contributed by atoms with Crippen LogP contribution in [-0.4, -0.2) is 46.3 Å². The topological polar surface area (TPSA) is 49.4 Å². The maximum Gasteiger partial charge on any atom is 0.246 e. The maximum absolute atomic E-state index is 12.5. The van der Waals surface area contributed by atoms with Gasteiger partial charge in [-0.25, -0.2) is 0 Å². The Kier molecular flexibility index (Phi) is 4.76. The molecule has 1 heterocycles. The van der Waals surface area contributed by atoms with E-state index in [0.29, 0.717) is 11.7 Å². The number of carbonyl (C=O) groups excluding carboxylic acids is 2. The number of nitrogens with one attached hydrogen (secondary N) is 1. The van der Waals surface area contributed by atoms with Gasteiger partial charge in [-0.2, -0.15) is 11.8 Å². The number of piperazine rings is 1. The highest BCUT2D eigenvalue weighted by atomic mass is 32.2. The molecule has 1 saturated carbocycles. The van der Waals surface area contributed by atoms with Gasteiger partial charge in [0.2, 0.25) is 11.8 Å². The summed E-state index contributed by atoms with van der Waals surface area (Å²) in [7, 11) is 0. The molecule has 1 aliphatic carbocycles. The number of nitrogens with zero attached hydrogens (tertiary/aromatic N) is 1. The zero-order chi connectivity index (χ0) is 14.0. The summed E-state index contributed by atoms with van der Waals surface area (Å²) < 4.78 is 0. The Morgan fingerprint density at radius 2 is 2.11 bits per heavy atom. The molecule has 1 N–H and O–H groups in total. The quantitative estimate of drug-likeness (QED) is 0.859. The van der Waals surface area contributed by atoms with Gasteiger partial charge < -0.3 is 10.2 Å². The Balaban J connectivity index is 2.15. The van der Waals surface area contributed by atoms with Crippen molar-refractivity contribution in [2.75, 3.05) is 6.26 Å². The second-order valence-electron chi connectivity index (χ2n) is 5.57. The van der Waals surface area contributed by atoms with Gasteiger partial charge in [0.25, 0.3) is 0 Å². The van der Waals surface area contributed by atoms with Crippen molar-refractivity contribution in [1.29, 1.82) is 0 Å². The van der Waals surface area contributed by atoms with Crippen LogP contribution in [0.15, 0.2) is 0 Å². The van der Waals surface area contributed by atoms with Crippen LogP contribution in [0.3, 0.4) is 0 Å². The minimum absolute atomic E-state index is 0.00211. The van der Waals surface area contributed by atoms with E-state index < -0.39 is 0 Å². The average Bonchev–Trinajstić information content (AvgIpc) is 2.43. The molecule has 2 amide bonds. The molecule has 4 nitrogen and oxygen atoms in total. The zero-order valence-electron chi connectivity index (χ0n) is 12.0. The first-order valence-electron chi connectivity index (χ1n) is 7.23. The summed E-state index contributed by atoms with van der Waals surface area (Å²) in [6.07, 6.45) is 7.27. The minimum atomic E-state index is -0.321. The molecule has 0 aromatic rings. The van der Waals surface area contributed by atoms with E-state index in [0.717, 1.165) is 19.3 Å². The molecule has 0 radical (unpaired) electrons. The smallest absolute Gasteiger partial charge is 0.246 e. The molecule has 2 rings (SSSR count). The van der Waals surface area contributed by atoms with Crippen LogP contribution >= 0.6 is 11.8 Å². The minimum Gasteiger partial charge on any atom is -0.343 e. The monoisotopic (exact) mass is 284 g/mol. The van der Waals surface area contributed by atoms with E-state index in [1.165, 1.54) is 6.42 Å². The molecule has 0 spiro atoms. The Morgan fingerprint density at radius 1 is 1.37 bits per heavy atom. The fourth-order valence-corrected chi connectivity index (χ4v) is 4.03. The fourth-order valence-electron chi connectivity index (χ4n) is 3.21. The Labute approximate surface area is 119 Å². The van der Waals surface area contributed by atoms with E-state index in [-0.39, 0.29) is 29.9 Å². The number of rotatable bonds is 3.